The highest BCUT2D eigenvalue weighted by atomic mass is 35.5. The van der Waals surface area contributed by atoms with Gasteiger partial charge in [-0.15, -0.1) is 0 Å². The first-order valence-electron chi connectivity index (χ1n) is 13.5. The quantitative estimate of drug-likeness (QED) is 0.326. The number of hydrogen-bond acceptors (Lipinski definition) is 5. The van der Waals surface area contributed by atoms with E-state index in [0.29, 0.717) is 59.7 Å². The molecule has 2 N–H and O–H groups in total. The number of carbonyl (C=O) groups excluding carboxylic acids is 2. The molecule has 4 aromatic rings. The van der Waals surface area contributed by atoms with Crippen LogP contribution in [0.2, 0.25) is 5.02 Å². The second-order valence-electron chi connectivity index (χ2n) is 10.1. The predicted octanol–water partition coefficient (Wildman–Crippen LogP) is 4.52. The van der Waals surface area contributed by atoms with Crippen molar-refractivity contribution in [1.29, 1.82) is 0 Å². The van der Waals surface area contributed by atoms with E-state index >= 15 is 0 Å². The molecule has 0 aliphatic carbocycles. The maximum atomic E-state index is 14.1. The standard InChI is InChI=1S/C31H32ClN5O3/c1-21-10-12-23(13-11-21)30(39)36(18-6-16-33)29(35-17-5-9-27(35)38)28-34-26-19-24(32)14-15-25(26)31(40)37(28)20-22-7-3-2-4-8-22/h2-4,7-8,10-15,19,29H,5-6,9,16-18,20,33H2,1H3. The number of aromatic nitrogens is 2. The van der Waals surface area contributed by atoms with E-state index in [1.807, 2.05) is 49.4 Å². The van der Waals surface area contributed by atoms with Gasteiger partial charge in [-0.3, -0.25) is 19.0 Å². The van der Waals surface area contributed by atoms with Crippen LogP contribution in [0.25, 0.3) is 10.9 Å². The monoisotopic (exact) mass is 557 g/mol. The van der Waals surface area contributed by atoms with Crippen LogP contribution in [0.1, 0.15) is 52.7 Å². The third-order valence-corrected chi connectivity index (χ3v) is 7.46. The zero-order chi connectivity index (χ0) is 28.2. The summed E-state index contributed by atoms with van der Waals surface area (Å²) >= 11 is 6.31. The molecule has 1 unspecified atom stereocenters. The fraction of sp³-hybridized carbons (Fsp3) is 0.290. The van der Waals surface area contributed by atoms with Crippen molar-refractivity contribution in [1.82, 2.24) is 19.4 Å². The van der Waals surface area contributed by atoms with Crippen molar-refractivity contribution in [3.05, 3.63) is 111 Å². The Morgan fingerprint density at radius 1 is 1.07 bits per heavy atom. The average Bonchev–Trinajstić information content (AvgIpc) is 3.38. The van der Waals surface area contributed by atoms with Crippen molar-refractivity contribution in [2.45, 2.75) is 38.9 Å². The summed E-state index contributed by atoms with van der Waals surface area (Å²) in [6.45, 7) is 3.27. The molecule has 1 fully saturated rings. The first-order valence-corrected chi connectivity index (χ1v) is 13.9. The fourth-order valence-corrected chi connectivity index (χ4v) is 5.33. The molecule has 3 aromatic carbocycles. The Balaban J connectivity index is 1.75. The smallest absolute Gasteiger partial charge is 0.261 e. The summed E-state index contributed by atoms with van der Waals surface area (Å²) in [5.74, 6) is -0.0349. The third kappa shape index (κ3) is 5.64. The Labute approximate surface area is 238 Å². The van der Waals surface area contributed by atoms with Gasteiger partial charge in [-0.1, -0.05) is 59.6 Å². The van der Waals surface area contributed by atoms with Crippen LogP contribution >= 0.6 is 11.6 Å². The van der Waals surface area contributed by atoms with Gasteiger partial charge >= 0.3 is 0 Å². The van der Waals surface area contributed by atoms with Gasteiger partial charge in [0.15, 0.2) is 12.0 Å². The molecule has 0 spiro atoms. The molecule has 0 bridgehead atoms. The molecule has 40 heavy (non-hydrogen) atoms. The largest absolute Gasteiger partial charge is 0.330 e. The van der Waals surface area contributed by atoms with E-state index in [1.165, 1.54) is 0 Å². The molecule has 1 aliphatic heterocycles. The molecule has 5 rings (SSSR count). The maximum Gasteiger partial charge on any atom is 0.261 e. The number of nitrogens with zero attached hydrogens (tertiary/aromatic N) is 4. The van der Waals surface area contributed by atoms with E-state index in [2.05, 4.69) is 0 Å². The average molecular weight is 558 g/mol. The lowest BCUT2D eigenvalue weighted by molar-refractivity contribution is -0.133. The van der Waals surface area contributed by atoms with E-state index in [-0.39, 0.29) is 30.5 Å². The number of fused-ring (bicyclic) bond motifs is 1. The first kappa shape index (κ1) is 27.6. The van der Waals surface area contributed by atoms with Gasteiger partial charge in [0, 0.05) is 30.1 Å². The molecule has 9 heteroatoms. The SMILES string of the molecule is Cc1ccc(C(=O)N(CCCN)C(c2nc3cc(Cl)ccc3c(=O)n2Cc2ccccc2)N2CCCC2=O)cc1. The Morgan fingerprint density at radius 2 is 1.82 bits per heavy atom. The van der Waals surface area contributed by atoms with Gasteiger partial charge in [0.1, 0.15) is 0 Å². The van der Waals surface area contributed by atoms with E-state index in [4.69, 9.17) is 22.3 Å². The number of rotatable bonds is 9. The topological polar surface area (TPSA) is 102 Å². The third-order valence-electron chi connectivity index (χ3n) is 7.22. The van der Waals surface area contributed by atoms with Gasteiger partial charge < -0.3 is 15.5 Å². The van der Waals surface area contributed by atoms with E-state index in [1.54, 1.807) is 44.7 Å². The predicted molar refractivity (Wildman–Crippen MR) is 156 cm³/mol. The van der Waals surface area contributed by atoms with Crippen LogP contribution in [0.15, 0.2) is 77.6 Å². The minimum Gasteiger partial charge on any atom is -0.330 e. The summed E-state index contributed by atoms with van der Waals surface area (Å²) in [5, 5.41) is 0.852. The number of amides is 2. The molecule has 2 heterocycles. The number of likely N-dealkylation sites (tertiary alicyclic amines) is 1. The van der Waals surface area contributed by atoms with Crippen LogP contribution in [-0.4, -0.2) is 50.8 Å². The van der Waals surface area contributed by atoms with Gasteiger partial charge in [-0.2, -0.15) is 0 Å². The van der Waals surface area contributed by atoms with E-state index in [0.717, 1.165) is 11.1 Å². The Bertz CT molecular complexity index is 1590. The van der Waals surface area contributed by atoms with Crippen molar-refractivity contribution in [2.75, 3.05) is 19.6 Å². The van der Waals surface area contributed by atoms with Crippen LogP contribution in [0, 0.1) is 6.92 Å². The Hall–Kier alpha value is -4.01. The highest BCUT2D eigenvalue weighted by molar-refractivity contribution is 6.31. The lowest BCUT2D eigenvalue weighted by atomic mass is 10.1. The molecule has 1 aliphatic rings. The molecule has 0 radical (unpaired) electrons. The molecular weight excluding hydrogens is 526 g/mol. The van der Waals surface area contributed by atoms with Gasteiger partial charge in [-0.25, -0.2) is 4.98 Å². The van der Waals surface area contributed by atoms with Crippen molar-refractivity contribution in [2.24, 2.45) is 5.73 Å². The summed E-state index contributed by atoms with van der Waals surface area (Å²) in [7, 11) is 0. The zero-order valence-corrected chi connectivity index (χ0v) is 23.2. The molecular formula is C31H32ClN5O3. The second-order valence-corrected chi connectivity index (χ2v) is 10.5. The summed E-state index contributed by atoms with van der Waals surface area (Å²) in [4.78, 5) is 49.7. The van der Waals surface area contributed by atoms with Crippen molar-refractivity contribution >= 4 is 34.3 Å². The fourth-order valence-electron chi connectivity index (χ4n) is 5.16. The van der Waals surface area contributed by atoms with Crippen LogP contribution in [-0.2, 0) is 11.3 Å². The molecule has 206 valence electrons. The second kappa shape index (κ2) is 12.0. The maximum absolute atomic E-state index is 14.1. The lowest BCUT2D eigenvalue weighted by Crippen LogP contribution is -2.48. The summed E-state index contributed by atoms with van der Waals surface area (Å²) in [6, 6.07) is 21.9. The number of hydrogen-bond donors (Lipinski definition) is 1. The van der Waals surface area contributed by atoms with Gasteiger partial charge in [0.05, 0.1) is 17.4 Å². The molecule has 8 nitrogen and oxygen atoms in total. The minimum atomic E-state index is -0.907. The highest BCUT2D eigenvalue weighted by Crippen LogP contribution is 2.31. The van der Waals surface area contributed by atoms with Crippen molar-refractivity contribution < 1.29 is 9.59 Å². The Kier molecular flexibility index (Phi) is 8.28. The zero-order valence-electron chi connectivity index (χ0n) is 22.4. The van der Waals surface area contributed by atoms with Crippen LogP contribution < -0.4 is 11.3 Å². The van der Waals surface area contributed by atoms with Gasteiger partial charge in [0.2, 0.25) is 5.91 Å². The number of halogens is 1. The molecule has 2 amide bonds. The van der Waals surface area contributed by atoms with Crippen molar-refractivity contribution in [3.63, 3.8) is 0 Å². The highest BCUT2D eigenvalue weighted by Gasteiger charge is 2.39. The van der Waals surface area contributed by atoms with Gasteiger partial charge in [-0.05, 0) is 62.2 Å². The minimum absolute atomic E-state index is 0.0915. The summed E-state index contributed by atoms with van der Waals surface area (Å²) in [6.07, 6.45) is 0.622. The molecule has 1 saturated heterocycles. The van der Waals surface area contributed by atoms with Gasteiger partial charge in [0.25, 0.3) is 11.5 Å². The summed E-state index contributed by atoms with van der Waals surface area (Å²) in [5.41, 5.74) is 8.45. The number of carbonyl (C=O) groups is 2. The van der Waals surface area contributed by atoms with Crippen molar-refractivity contribution in [3.8, 4) is 0 Å². The number of aryl methyl sites for hydroxylation is 1. The van der Waals surface area contributed by atoms with Crippen LogP contribution in [0.3, 0.4) is 0 Å². The lowest BCUT2D eigenvalue weighted by Gasteiger charge is -2.38. The van der Waals surface area contributed by atoms with Crippen LogP contribution in [0.5, 0.6) is 0 Å². The number of nitrogens with two attached hydrogens (primary N) is 1. The Morgan fingerprint density at radius 3 is 2.50 bits per heavy atom. The summed E-state index contributed by atoms with van der Waals surface area (Å²) < 4.78 is 1.58. The van der Waals surface area contributed by atoms with Crippen LogP contribution in [0.4, 0.5) is 0 Å². The van der Waals surface area contributed by atoms with E-state index < -0.39 is 6.17 Å². The molecule has 1 aromatic heterocycles. The van der Waals surface area contributed by atoms with E-state index in [9.17, 15) is 14.4 Å². The molecule has 0 saturated carbocycles. The molecule has 1 atom stereocenters. The number of benzene rings is 3. The normalized spacial score (nSPS) is 14.1. The first-order chi connectivity index (χ1) is 19.4.